The largest absolute Gasteiger partial charge is 0.349 e. The number of amides is 1. The number of nitrogens with one attached hydrogen (secondary N) is 1. The first-order valence-corrected chi connectivity index (χ1v) is 6.06. The number of hydrogen-bond acceptors (Lipinski definition) is 3. The van der Waals surface area contributed by atoms with E-state index in [0.29, 0.717) is 4.34 Å². The van der Waals surface area contributed by atoms with Crippen LogP contribution in [0.5, 0.6) is 0 Å². The predicted octanol–water partition coefficient (Wildman–Crippen LogP) is 2.59. The Labute approximate surface area is 102 Å². The summed E-state index contributed by atoms with van der Waals surface area (Å²) >= 11 is 7.11. The maximum Gasteiger partial charge on any atom is 0.262 e. The Balaban J connectivity index is 2.11. The fourth-order valence-corrected chi connectivity index (χ4v) is 2.19. The fourth-order valence-electron chi connectivity index (χ4n) is 1.19. The van der Waals surface area contributed by atoms with Gasteiger partial charge < -0.3 is 5.32 Å². The molecule has 1 N–H and O–H groups in total. The molecule has 1 aliphatic rings. The summed E-state index contributed by atoms with van der Waals surface area (Å²) in [7, 11) is 0. The average Bonchev–Trinajstić information content (AvgIpc) is 2.97. The summed E-state index contributed by atoms with van der Waals surface area (Å²) in [5.41, 5.74) is 0.130. The Morgan fingerprint density at radius 3 is 2.88 bits per heavy atom. The van der Waals surface area contributed by atoms with Gasteiger partial charge in [0.25, 0.3) is 5.91 Å². The van der Waals surface area contributed by atoms with Gasteiger partial charge in [-0.15, -0.1) is 11.3 Å². The van der Waals surface area contributed by atoms with Crippen LogP contribution in [0.4, 0.5) is 0 Å². The molecule has 5 heteroatoms. The molecule has 0 aliphatic heterocycles. The quantitative estimate of drug-likeness (QED) is 0.664. The van der Waals surface area contributed by atoms with Crippen LogP contribution in [0.2, 0.25) is 4.34 Å². The lowest BCUT2D eigenvalue weighted by molar-refractivity contribution is -0.117. The Hall–Kier alpha value is -1.31. The summed E-state index contributed by atoms with van der Waals surface area (Å²) in [5, 5.41) is 11.7. The molecular formula is C11H9ClN2OS. The normalized spacial score (nSPS) is 15.6. The SMILES string of the molecule is N#C/C(=C\c1ccc(Cl)s1)C(=O)NC1CC1. The Morgan fingerprint density at radius 1 is 1.62 bits per heavy atom. The summed E-state index contributed by atoms with van der Waals surface area (Å²) in [4.78, 5) is 12.4. The molecule has 1 aromatic heterocycles. The molecule has 0 radical (unpaired) electrons. The zero-order valence-corrected chi connectivity index (χ0v) is 9.94. The van der Waals surface area contributed by atoms with Crippen molar-refractivity contribution in [3.63, 3.8) is 0 Å². The van der Waals surface area contributed by atoms with E-state index >= 15 is 0 Å². The van der Waals surface area contributed by atoms with E-state index in [1.165, 1.54) is 11.3 Å². The van der Waals surface area contributed by atoms with Crippen molar-refractivity contribution in [3.05, 3.63) is 26.9 Å². The number of carbonyl (C=O) groups is 1. The third-order valence-electron chi connectivity index (χ3n) is 2.16. The minimum Gasteiger partial charge on any atom is -0.349 e. The van der Waals surface area contributed by atoms with Crippen molar-refractivity contribution in [1.82, 2.24) is 5.32 Å². The van der Waals surface area contributed by atoms with Crippen LogP contribution in [0.25, 0.3) is 6.08 Å². The number of halogens is 1. The van der Waals surface area contributed by atoms with Crippen molar-refractivity contribution in [2.24, 2.45) is 0 Å². The highest BCUT2D eigenvalue weighted by Gasteiger charge is 2.24. The number of hydrogen-bond donors (Lipinski definition) is 1. The van der Waals surface area contributed by atoms with Crippen LogP contribution in [0.15, 0.2) is 17.7 Å². The van der Waals surface area contributed by atoms with Gasteiger partial charge in [0, 0.05) is 10.9 Å². The molecule has 0 bridgehead atoms. The summed E-state index contributed by atoms with van der Waals surface area (Å²) in [6.45, 7) is 0. The first-order valence-electron chi connectivity index (χ1n) is 4.87. The average molecular weight is 253 g/mol. The number of carbonyl (C=O) groups excluding carboxylic acids is 1. The molecule has 1 heterocycles. The van der Waals surface area contributed by atoms with Gasteiger partial charge in [-0.3, -0.25) is 4.79 Å². The van der Waals surface area contributed by atoms with Crippen molar-refractivity contribution in [2.45, 2.75) is 18.9 Å². The molecule has 1 saturated carbocycles. The molecule has 0 aromatic carbocycles. The number of thiophene rings is 1. The highest BCUT2D eigenvalue weighted by atomic mass is 35.5. The van der Waals surface area contributed by atoms with Crippen molar-refractivity contribution in [1.29, 1.82) is 5.26 Å². The maximum absolute atomic E-state index is 11.6. The highest BCUT2D eigenvalue weighted by Crippen LogP contribution is 2.24. The van der Waals surface area contributed by atoms with E-state index < -0.39 is 0 Å². The first-order chi connectivity index (χ1) is 7.69. The summed E-state index contributed by atoms with van der Waals surface area (Å²) in [6, 6.07) is 5.69. The summed E-state index contributed by atoms with van der Waals surface area (Å²) < 4.78 is 0.645. The van der Waals surface area contributed by atoms with E-state index in [9.17, 15) is 4.79 Å². The van der Waals surface area contributed by atoms with Crippen LogP contribution in [0.3, 0.4) is 0 Å². The van der Waals surface area contributed by atoms with Gasteiger partial charge in [0.1, 0.15) is 11.6 Å². The molecule has 0 spiro atoms. The molecule has 1 aromatic rings. The van der Waals surface area contributed by atoms with Gasteiger partial charge in [-0.1, -0.05) is 11.6 Å². The van der Waals surface area contributed by atoms with E-state index in [1.54, 1.807) is 18.2 Å². The lowest BCUT2D eigenvalue weighted by Gasteiger charge is -1.99. The third-order valence-corrected chi connectivity index (χ3v) is 3.34. The van der Waals surface area contributed by atoms with Gasteiger partial charge in [0.2, 0.25) is 0 Å². The second kappa shape index (κ2) is 4.69. The standard InChI is InChI=1S/C11H9ClN2OS/c12-10-4-3-9(16-10)5-7(6-13)11(15)14-8-1-2-8/h3-5,8H,1-2H2,(H,14,15)/b7-5+. The van der Waals surface area contributed by atoms with Crippen LogP contribution >= 0.6 is 22.9 Å². The van der Waals surface area contributed by atoms with E-state index in [1.807, 2.05) is 6.07 Å². The fraction of sp³-hybridized carbons (Fsp3) is 0.273. The van der Waals surface area contributed by atoms with Crippen LogP contribution in [-0.4, -0.2) is 11.9 Å². The third kappa shape index (κ3) is 2.84. The smallest absolute Gasteiger partial charge is 0.262 e. The summed E-state index contributed by atoms with van der Waals surface area (Å²) in [6.07, 6.45) is 3.58. The van der Waals surface area contributed by atoms with Crippen molar-refractivity contribution in [3.8, 4) is 6.07 Å². The van der Waals surface area contributed by atoms with Gasteiger partial charge in [-0.25, -0.2) is 0 Å². The van der Waals surface area contributed by atoms with Crippen molar-refractivity contribution in [2.75, 3.05) is 0 Å². The van der Waals surface area contributed by atoms with Crippen LogP contribution in [0.1, 0.15) is 17.7 Å². The Kier molecular flexibility index (Phi) is 3.28. The lowest BCUT2D eigenvalue weighted by atomic mass is 10.2. The van der Waals surface area contributed by atoms with Gasteiger partial charge in [-0.05, 0) is 31.1 Å². The highest BCUT2D eigenvalue weighted by molar-refractivity contribution is 7.17. The Bertz CT molecular complexity index is 482. The van der Waals surface area contributed by atoms with E-state index in [0.717, 1.165) is 17.7 Å². The van der Waals surface area contributed by atoms with E-state index in [2.05, 4.69) is 5.32 Å². The molecule has 3 nitrogen and oxygen atoms in total. The molecule has 2 rings (SSSR count). The minimum atomic E-state index is -0.297. The van der Waals surface area contributed by atoms with Crippen LogP contribution < -0.4 is 5.32 Å². The molecular weight excluding hydrogens is 244 g/mol. The molecule has 1 amide bonds. The zero-order valence-electron chi connectivity index (χ0n) is 8.37. The van der Waals surface area contributed by atoms with Crippen molar-refractivity contribution >= 4 is 34.9 Å². The van der Waals surface area contributed by atoms with Gasteiger partial charge in [0.15, 0.2) is 0 Å². The van der Waals surface area contributed by atoms with E-state index in [4.69, 9.17) is 16.9 Å². The van der Waals surface area contributed by atoms with Gasteiger partial charge in [-0.2, -0.15) is 5.26 Å². The molecule has 0 unspecified atom stereocenters. The molecule has 16 heavy (non-hydrogen) atoms. The number of rotatable bonds is 3. The predicted molar refractivity (Wildman–Crippen MR) is 64.1 cm³/mol. The minimum absolute atomic E-state index is 0.130. The zero-order chi connectivity index (χ0) is 11.5. The van der Waals surface area contributed by atoms with Crippen LogP contribution in [0, 0.1) is 11.3 Å². The first kappa shape index (κ1) is 11.2. The number of nitriles is 1. The van der Waals surface area contributed by atoms with E-state index in [-0.39, 0.29) is 17.5 Å². The summed E-state index contributed by atoms with van der Waals surface area (Å²) in [5.74, 6) is -0.297. The van der Waals surface area contributed by atoms with Gasteiger partial charge >= 0.3 is 0 Å². The number of nitrogens with zero attached hydrogens (tertiary/aromatic N) is 1. The monoisotopic (exact) mass is 252 g/mol. The molecule has 82 valence electrons. The van der Waals surface area contributed by atoms with Gasteiger partial charge in [0.05, 0.1) is 4.34 Å². The molecule has 0 atom stereocenters. The maximum atomic E-state index is 11.6. The van der Waals surface area contributed by atoms with Crippen molar-refractivity contribution < 1.29 is 4.79 Å². The van der Waals surface area contributed by atoms with Crippen LogP contribution in [-0.2, 0) is 4.79 Å². The second-order valence-electron chi connectivity index (χ2n) is 3.56. The molecule has 1 aliphatic carbocycles. The topological polar surface area (TPSA) is 52.9 Å². The molecule has 1 fully saturated rings. The molecule has 0 saturated heterocycles. The Morgan fingerprint density at radius 2 is 2.38 bits per heavy atom. The lowest BCUT2D eigenvalue weighted by Crippen LogP contribution is -2.26. The second-order valence-corrected chi connectivity index (χ2v) is 5.31.